The van der Waals surface area contributed by atoms with Gasteiger partial charge in [-0.2, -0.15) is 0 Å². The first-order valence-electron chi connectivity index (χ1n) is 9.98. The number of hydrogen-bond donors (Lipinski definition) is 1. The predicted octanol–water partition coefficient (Wildman–Crippen LogP) is 3.75. The van der Waals surface area contributed by atoms with Crippen molar-refractivity contribution in [3.63, 3.8) is 0 Å². The molecule has 0 aliphatic carbocycles. The molecule has 8 nitrogen and oxygen atoms in total. The van der Waals surface area contributed by atoms with E-state index in [-0.39, 0.29) is 18.4 Å². The van der Waals surface area contributed by atoms with Crippen molar-refractivity contribution >= 4 is 34.0 Å². The van der Waals surface area contributed by atoms with Gasteiger partial charge in [-0.15, -0.1) is 11.3 Å². The highest BCUT2D eigenvalue weighted by atomic mass is 32.1. The van der Waals surface area contributed by atoms with Gasteiger partial charge in [-0.1, -0.05) is 6.07 Å². The molecule has 2 aromatic carbocycles. The lowest BCUT2D eigenvalue weighted by atomic mass is 10.1. The Morgan fingerprint density at radius 1 is 1.19 bits per heavy atom. The molecule has 3 aromatic rings. The first-order chi connectivity index (χ1) is 15.5. The van der Waals surface area contributed by atoms with E-state index in [9.17, 15) is 9.59 Å². The van der Waals surface area contributed by atoms with Crippen LogP contribution in [0.15, 0.2) is 41.8 Å². The van der Waals surface area contributed by atoms with Gasteiger partial charge in [0.2, 0.25) is 5.91 Å². The Kier molecular flexibility index (Phi) is 6.27. The third kappa shape index (κ3) is 4.52. The Labute approximate surface area is 189 Å². The van der Waals surface area contributed by atoms with Gasteiger partial charge >= 0.3 is 0 Å². The van der Waals surface area contributed by atoms with Gasteiger partial charge in [0.1, 0.15) is 5.75 Å². The number of nitrogens with zero attached hydrogens (tertiary/aromatic N) is 2. The second-order valence-electron chi connectivity index (χ2n) is 7.20. The largest absolute Gasteiger partial charge is 0.493 e. The highest BCUT2D eigenvalue weighted by molar-refractivity contribution is 7.14. The van der Waals surface area contributed by atoms with Crippen LogP contribution in [0.4, 0.5) is 10.8 Å². The molecule has 2 amide bonds. The Balaban J connectivity index is 1.39. The van der Waals surface area contributed by atoms with Gasteiger partial charge in [-0.25, -0.2) is 4.98 Å². The van der Waals surface area contributed by atoms with Crippen LogP contribution in [0.3, 0.4) is 0 Å². The molecule has 4 rings (SSSR count). The van der Waals surface area contributed by atoms with Gasteiger partial charge in [0.05, 0.1) is 25.6 Å². The highest BCUT2D eigenvalue weighted by Gasteiger charge is 2.23. The lowest BCUT2D eigenvalue weighted by molar-refractivity contribution is -0.121. The van der Waals surface area contributed by atoms with Crippen molar-refractivity contribution in [2.45, 2.75) is 12.8 Å². The van der Waals surface area contributed by atoms with E-state index in [1.165, 1.54) is 11.3 Å². The summed E-state index contributed by atoms with van der Waals surface area (Å²) < 4.78 is 16.0. The minimum atomic E-state index is -0.121. The summed E-state index contributed by atoms with van der Waals surface area (Å²) in [6, 6.07) is 11.2. The van der Waals surface area contributed by atoms with Gasteiger partial charge in [-0.05, 0) is 42.3 Å². The maximum absolute atomic E-state index is 12.4. The fraction of sp³-hybridized carbons (Fsp3) is 0.261. The molecule has 1 aliphatic rings. The normalized spacial score (nSPS) is 12.7. The summed E-state index contributed by atoms with van der Waals surface area (Å²) in [5.74, 6) is 1.73. The molecule has 166 valence electrons. The number of hydrogen-bond acceptors (Lipinski definition) is 7. The molecule has 0 spiro atoms. The lowest BCUT2D eigenvalue weighted by Gasteiger charge is -2.26. The van der Waals surface area contributed by atoms with Crippen molar-refractivity contribution in [3.8, 4) is 28.5 Å². The molecule has 32 heavy (non-hydrogen) atoms. The molecule has 0 bridgehead atoms. The summed E-state index contributed by atoms with van der Waals surface area (Å²) in [6.07, 6.45) is 0.878. The van der Waals surface area contributed by atoms with Crippen LogP contribution in [0.25, 0.3) is 11.3 Å². The van der Waals surface area contributed by atoms with Crippen LogP contribution in [0, 0.1) is 0 Å². The molecular formula is C23H23N3O5S. The minimum absolute atomic E-state index is 0.0407. The molecule has 0 saturated heterocycles. The first kappa shape index (κ1) is 21.6. The first-order valence-corrected chi connectivity index (χ1v) is 10.9. The number of aryl methyl sites for hydroxylation is 1. The summed E-state index contributed by atoms with van der Waals surface area (Å²) in [7, 11) is 4.89. The molecular weight excluding hydrogens is 430 g/mol. The van der Waals surface area contributed by atoms with Gasteiger partial charge in [0, 0.05) is 24.4 Å². The summed E-state index contributed by atoms with van der Waals surface area (Å²) in [5.41, 5.74) is 3.25. The molecule has 0 saturated carbocycles. The van der Waals surface area contributed by atoms with Crippen LogP contribution in [-0.2, 0) is 16.0 Å². The SMILES string of the molecule is COc1ccc(CCC(=O)Nc2nc(-c3ccc4c(c3)N(C)C(=O)CO4)cs2)cc1OC. The van der Waals surface area contributed by atoms with E-state index in [2.05, 4.69) is 10.3 Å². The van der Waals surface area contributed by atoms with E-state index < -0.39 is 0 Å². The van der Waals surface area contributed by atoms with E-state index in [0.29, 0.717) is 40.9 Å². The summed E-state index contributed by atoms with van der Waals surface area (Å²) in [4.78, 5) is 30.4. The fourth-order valence-electron chi connectivity index (χ4n) is 3.37. The van der Waals surface area contributed by atoms with Crippen molar-refractivity contribution in [1.29, 1.82) is 0 Å². The maximum atomic E-state index is 12.4. The number of likely N-dealkylation sites (N-methyl/N-ethyl adjacent to an activating group) is 1. The zero-order chi connectivity index (χ0) is 22.7. The number of ether oxygens (including phenoxy) is 3. The minimum Gasteiger partial charge on any atom is -0.493 e. The van der Waals surface area contributed by atoms with Crippen LogP contribution in [-0.4, -0.2) is 44.7 Å². The van der Waals surface area contributed by atoms with E-state index in [4.69, 9.17) is 14.2 Å². The predicted molar refractivity (Wildman–Crippen MR) is 123 cm³/mol. The number of carbonyl (C=O) groups excluding carboxylic acids is 2. The molecule has 0 unspecified atom stereocenters. The van der Waals surface area contributed by atoms with Gasteiger partial charge < -0.3 is 24.4 Å². The average Bonchev–Trinajstić information content (AvgIpc) is 3.28. The monoisotopic (exact) mass is 453 g/mol. The molecule has 0 atom stereocenters. The second kappa shape index (κ2) is 9.27. The molecule has 9 heteroatoms. The number of nitrogens with one attached hydrogen (secondary N) is 1. The molecule has 1 aliphatic heterocycles. The molecule has 1 aromatic heterocycles. The van der Waals surface area contributed by atoms with Crippen molar-refractivity contribution in [2.75, 3.05) is 38.1 Å². The van der Waals surface area contributed by atoms with E-state index in [1.54, 1.807) is 26.2 Å². The van der Waals surface area contributed by atoms with Crippen molar-refractivity contribution in [2.24, 2.45) is 0 Å². The third-order valence-electron chi connectivity index (χ3n) is 5.18. The number of rotatable bonds is 7. The van der Waals surface area contributed by atoms with Gasteiger partial charge in [-0.3, -0.25) is 9.59 Å². The van der Waals surface area contributed by atoms with E-state index in [0.717, 1.165) is 16.8 Å². The van der Waals surface area contributed by atoms with Crippen molar-refractivity contribution in [3.05, 3.63) is 47.3 Å². The smallest absolute Gasteiger partial charge is 0.264 e. The standard InChI is InChI=1S/C23H23N3O5S/c1-26-17-11-15(6-8-18(17)31-12-22(26)28)16-13-32-23(24-16)25-21(27)9-5-14-4-7-19(29-2)20(10-14)30-3/h4,6-8,10-11,13H,5,9,12H2,1-3H3,(H,24,25,27). The molecule has 1 N–H and O–H groups in total. The average molecular weight is 454 g/mol. The Bertz CT molecular complexity index is 1160. The van der Waals surface area contributed by atoms with Gasteiger partial charge in [0.25, 0.3) is 5.91 Å². The van der Waals surface area contributed by atoms with E-state index in [1.807, 2.05) is 41.8 Å². The van der Waals surface area contributed by atoms with Crippen molar-refractivity contribution < 1.29 is 23.8 Å². The van der Waals surface area contributed by atoms with E-state index >= 15 is 0 Å². The number of aromatic nitrogens is 1. The van der Waals surface area contributed by atoms with Crippen LogP contribution < -0.4 is 24.4 Å². The molecule has 2 heterocycles. The molecule has 0 fully saturated rings. The topological polar surface area (TPSA) is 90.0 Å². The Morgan fingerprint density at radius 3 is 2.78 bits per heavy atom. The van der Waals surface area contributed by atoms with Crippen molar-refractivity contribution in [1.82, 2.24) is 4.98 Å². The third-order valence-corrected chi connectivity index (χ3v) is 5.94. The summed E-state index contributed by atoms with van der Waals surface area (Å²) >= 11 is 1.35. The number of methoxy groups -OCH3 is 2. The zero-order valence-electron chi connectivity index (χ0n) is 18.0. The number of carbonyl (C=O) groups is 2. The van der Waals surface area contributed by atoms with Crippen LogP contribution in [0.1, 0.15) is 12.0 Å². The maximum Gasteiger partial charge on any atom is 0.264 e. The summed E-state index contributed by atoms with van der Waals surface area (Å²) in [5, 5.41) is 5.25. The second-order valence-corrected chi connectivity index (χ2v) is 8.06. The number of benzene rings is 2. The Morgan fingerprint density at radius 2 is 2.00 bits per heavy atom. The fourth-order valence-corrected chi connectivity index (χ4v) is 4.11. The van der Waals surface area contributed by atoms with Gasteiger partial charge in [0.15, 0.2) is 23.2 Å². The lowest BCUT2D eigenvalue weighted by Crippen LogP contribution is -2.35. The number of fused-ring (bicyclic) bond motifs is 1. The highest BCUT2D eigenvalue weighted by Crippen LogP contribution is 2.36. The quantitative estimate of drug-likeness (QED) is 0.586. The molecule has 0 radical (unpaired) electrons. The number of amides is 2. The Hall–Kier alpha value is -3.59. The number of anilines is 2. The van der Waals surface area contributed by atoms with Crippen LogP contribution in [0.5, 0.6) is 17.2 Å². The van der Waals surface area contributed by atoms with Crippen LogP contribution in [0.2, 0.25) is 0 Å². The summed E-state index contributed by atoms with van der Waals surface area (Å²) in [6.45, 7) is 0.0407. The zero-order valence-corrected chi connectivity index (χ0v) is 18.8. The number of thiazole rings is 1. The van der Waals surface area contributed by atoms with Crippen LogP contribution >= 0.6 is 11.3 Å².